The smallest absolute Gasteiger partial charge is 0.257 e. The maximum Gasteiger partial charge on any atom is 0.257 e. The number of hydrogen-bond donors (Lipinski definition) is 2. The van der Waals surface area contributed by atoms with Crippen molar-refractivity contribution in [3.05, 3.63) is 36.7 Å². The van der Waals surface area contributed by atoms with Gasteiger partial charge in [0.1, 0.15) is 5.75 Å². The summed E-state index contributed by atoms with van der Waals surface area (Å²) in [5.41, 5.74) is 6.22. The average Bonchev–Trinajstić information content (AvgIpc) is 2.95. The lowest BCUT2D eigenvalue weighted by molar-refractivity contribution is -0.123. The van der Waals surface area contributed by atoms with Crippen molar-refractivity contribution < 1.29 is 9.53 Å². The fraction of sp³-hybridized carbons (Fsp3) is 0.308. The summed E-state index contributed by atoms with van der Waals surface area (Å²) in [6.45, 7) is 1.27. The number of benzene rings is 1. The molecule has 0 saturated carbocycles. The van der Waals surface area contributed by atoms with Crippen molar-refractivity contribution in [1.82, 2.24) is 20.3 Å². The molecule has 0 atom stereocenters. The second-order valence-electron chi connectivity index (χ2n) is 4.23. The number of aryl methyl sites for hydroxylation is 1. The quantitative estimate of drug-likeness (QED) is 0.565. The molecule has 0 spiro atoms. The minimum absolute atomic E-state index is 0.0211. The molecule has 3 N–H and O–H groups in total. The van der Waals surface area contributed by atoms with Gasteiger partial charge in [-0.2, -0.15) is 0 Å². The molecule has 0 aliphatic heterocycles. The largest absolute Gasteiger partial charge is 0.484 e. The Bertz CT molecular complexity index is 541. The summed E-state index contributed by atoms with van der Waals surface area (Å²) in [7, 11) is 0. The van der Waals surface area contributed by atoms with Crippen molar-refractivity contribution in [2.75, 3.05) is 18.9 Å². The molecule has 20 heavy (non-hydrogen) atoms. The lowest BCUT2D eigenvalue weighted by Crippen LogP contribution is -2.30. The van der Waals surface area contributed by atoms with Crippen molar-refractivity contribution in [1.29, 1.82) is 0 Å². The highest BCUT2D eigenvalue weighted by Gasteiger charge is 2.02. The third-order valence-corrected chi connectivity index (χ3v) is 2.59. The zero-order valence-corrected chi connectivity index (χ0v) is 11.0. The van der Waals surface area contributed by atoms with Gasteiger partial charge in [0.05, 0.1) is 6.20 Å². The molecule has 0 fully saturated rings. The molecular weight excluding hydrogens is 258 g/mol. The summed E-state index contributed by atoms with van der Waals surface area (Å²) in [6, 6.07) is 6.98. The third-order valence-electron chi connectivity index (χ3n) is 2.59. The van der Waals surface area contributed by atoms with E-state index in [1.54, 1.807) is 41.3 Å². The van der Waals surface area contributed by atoms with Gasteiger partial charge in [0.2, 0.25) is 0 Å². The number of anilines is 1. The Labute approximate surface area is 116 Å². The van der Waals surface area contributed by atoms with E-state index in [0.717, 1.165) is 13.0 Å². The van der Waals surface area contributed by atoms with Gasteiger partial charge < -0.3 is 15.8 Å². The first-order valence-electron chi connectivity index (χ1n) is 6.33. The molecule has 0 aliphatic rings. The number of hydrogen-bond acceptors (Lipinski definition) is 5. The monoisotopic (exact) mass is 275 g/mol. The number of nitrogens with zero attached hydrogens (tertiary/aromatic N) is 3. The summed E-state index contributed by atoms with van der Waals surface area (Å²) in [4.78, 5) is 11.6. The second kappa shape index (κ2) is 7.13. The van der Waals surface area contributed by atoms with E-state index in [4.69, 9.17) is 10.5 Å². The predicted molar refractivity (Wildman–Crippen MR) is 74.0 cm³/mol. The maximum atomic E-state index is 11.6. The minimum Gasteiger partial charge on any atom is -0.484 e. The van der Waals surface area contributed by atoms with Gasteiger partial charge in [-0.15, -0.1) is 5.10 Å². The highest BCUT2D eigenvalue weighted by Crippen LogP contribution is 2.13. The van der Waals surface area contributed by atoms with Crippen molar-refractivity contribution in [3.8, 4) is 5.75 Å². The highest BCUT2D eigenvalue weighted by atomic mass is 16.5. The van der Waals surface area contributed by atoms with Crippen LogP contribution in [0, 0.1) is 0 Å². The van der Waals surface area contributed by atoms with Gasteiger partial charge in [0.25, 0.3) is 5.91 Å². The van der Waals surface area contributed by atoms with Crippen molar-refractivity contribution in [2.24, 2.45) is 0 Å². The number of nitrogen functional groups attached to an aromatic ring is 1. The van der Waals surface area contributed by atoms with Crippen molar-refractivity contribution in [2.45, 2.75) is 13.0 Å². The molecule has 1 amide bonds. The van der Waals surface area contributed by atoms with Crippen LogP contribution in [0.5, 0.6) is 5.75 Å². The normalized spacial score (nSPS) is 10.2. The second-order valence-corrected chi connectivity index (χ2v) is 4.23. The summed E-state index contributed by atoms with van der Waals surface area (Å²) in [5, 5.41) is 10.3. The topological polar surface area (TPSA) is 95.1 Å². The van der Waals surface area contributed by atoms with E-state index < -0.39 is 0 Å². The molecule has 7 heteroatoms. The van der Waals surface area contributed by atoms with Crippen LogP contribution in [0.3, 0.4) is 0 Å². The van der Waals surface area contributed by atoms with Crippen LogP contribution in [0.1, 0.15) is 6.42 Å². The summed E-state index contributed by atoms with van der Waals surface area (Å²) >= 11 is 0. The number of amides is 1. The molecule has 0 radical (unpaired) electrons. The molecule has 1 heterocycles. The van der Waals surface area contributed by atoms with Crippen LogP contribution in [-0.4, -0.2) is 34.1 Å². The molecule has 1 aromatic carbocycles. The SMILES string of the molecule is Nc1cccc(OCC(=O)NCCCn2ccnn2)c1. The Morgan fingerprint density at radius 3 is 3.10 bits per heavy atom. The molecule has 106 valence electrons. The van der Waals surface area contributed by atoms with Crippen LogP contribution in [-0.2, 0) is 11.3 Å². The summed E-state index contributed by atoms with van der Waals surface area (Å²) in [5.74, 6) is 0.425. The van der Waals surface area contributed by atoms with E-state index in [2.05, 4.69) is 15.6 Å². The van der Waals surface area contributed by atoms with Gasteiger partial charge in [-0.25, -0.2) is 0 Å². The third kappa shape index (κ3) is 4.60. The zero-order valence-electron chi connectivity index (χ0n) is 11.0. The Hall–Kier alpha value is -2.57. The molecule has 2 rings (SSSR count). The number of nitrogens with one attached hydrogen (secondary N) is 1. The molecule has 0 aliphatic carbocycles. The summed E-state index contributed by atoms with van der Waals surface area (Å²) in [6.07, 6.45) is 4.19. The predicted octanol–water partition coefficient (Wildman–Crippen LogP) is 0.446. The molecule has 0 bridgehead atoms. The number of nitrogens with two attached hydrogens (primary N) is 1. The van der Waals surface area contributed by atoms with Crippen molar-refractivity contribution in [3.63, 3.8) is 0 Å². The van der Waals surface area contributed by atoms with Crippen LogP contribution in [0.15, 0.2) is 36.7 Å². The van der Waals surface area contributed by atoms with Crippen LogP contribution in [0.25, 0.3) is 0 Å². The van der Waals surface area contributed by atoms with E-state index in [1.807, 2.05) is 0 Å². The van der Waals surface area contributed by atoms with Gasteiger partial charge in [-0.05, 0) is 18.6 Å². The van der Waals surface area contributed by atoms with E-state index in [1.165, 1.54) is 0 Å². The van der Waals surface area contributed by atoms with E-state index >= 15 is 0 Å². The van der Waals surface area contributed by atoms with E-state index in [9.17, 15) is 4.79 Å². The lowest BCUT2D eigenvalue weighted by atomic mass is 10.3. The first-order chi connectivity index (χ1) is 9.74. The molecule has 1 aromatic heterocycles. The highest BCUT2D eigenvalue weighted by molar-refractivity contribution is 5.77. The Kier molecular flexibility index (Phi) is 4.94. The average molecular weight is 275 g/mol. The van der Waals surface area contributed by atoms with Gasteiger partial charge in [0, 0.05) is 31.0 Å². The van der Waals surface area contributed by atoms with Gasteiger partial charge >= 0.3 is 0 Å². The molecule has 0 saturated heterocycles. The van der Waals surface area contributed by atoms with Crippen LogP contribution < -0.4 is 15.8 Å². The first kappa shape index (κ1) is 13.9. The minimum atomic E-state index is -0.161. The van der Waals surface area contributed by atoms with Gasteiger partial charge in [0.15, 0.2) is 6.61 Å². The standard InChI is InChI=1S/C13H17N5O2/c14-11-3-1-4-12(9-11)20-10-13(19)15-5-2-7-18-8-6-16-17-18/h1,3-4,6,8-9H,2,5,7,10,14H2,(H,15,19). The van der Waals surface area contributed by atoms with E-state index in [-0.39, 0.29) is 12.5 Å². The Balaban J connectivity index is 1.61. The fourth-order valence-electron chi connectivity index (χ4n) is 1.63. The van der Waals surface area contributed by atoms with E-state index in [0.29, 0.717) is 18.0 Å². The zero-order chi connectivity index (χ0) is 14.2. The van der Waals surface area contributed by atoms with Crippen LogP contribution in [0.4, 0.5) is 5.69 Å². The number of aromatic nitrogens is 3. The van der Waals surface area contributed by atoms with Gasteiger partial charge in [-0.3, -0.25) is 9.48 Å². The summed E-state index contributed by atoms with van der Waals surface area (Å²) < 4.78 is 7.05. The van der Waals surface area contributed by atoms with Gasteiger partial charge in [-0.1, -0.05) is 11.3 Å². The molecular formula is C13H17N5O2. The molecule has 0 unspecified atom stereocenters. The fourth-order valence-corrected chi connectivity index (χ4v) is 1.63. The first-order valence-corrected chi connectivity index (χ1v) is 6.33. The number of carbonyl (C=O) groups is 1. The number of carbonyl (C=O) groups excluding carboxylic acids is 1. The molecule has 2 aromatic rings. The molecule has 7 nitrogen and oxygen atoms in total. The van der Waals surface area contributed by atoms with Crippen molar-refractivity contribution >= 4 is 11.6 Å². The van der Waals surface area contributed by atoms with Crippen LogP contribution >= 0.6 is 0 Å². The van der Waals surface area contributed by atoms with Crippen LogP contribution in [0.2, 0.25) is 0 Å². The Morgan fingerprint density at radius 2 is 2.35 bits per heavy atom. The lowest BCUT2D eigenvalue weighted by Gasteiger charge is -2.07. The number of ether oxygens (including phenoxy) is 1. The maximum absolute atomic E-state index is 11.6. The number of rotatable bonds is 7. The Morgan fingerprint density at radius 1 is 1.45 bits per heavy atom.